The van der Waals surface area contributed by atoms with Gasteiger partial charge in [-0.05, 0) is 49.1 Å². The fraction of sp³-hybridized carbons (Fsp3) is 0.263. The number of nitrogens with zero attached hydrogens (tertiary/aromatic N) is 1. The van der Waals surface area contributed by atoms with E-state index in [0.29, 0.717) is 28.3 Å². The van der Waals surface area contributed by atoms with Gasteiger partial charge in [0.1, 0.15) is 23.2 Å². The number of anilines is 1. The maximum absolute atomic E-state index is 12.3. The molecule has 1 amide bonds. The van der Waals surface area contributed by atoms with E-state index in [1.807, 2.05) is 25.1 Å². The number of amides is 1. The molecule has 0 bridgehead atoms. The number of carbonyl (C=O) groups is 1. The zero-order chi connectivity index (χ0) is 17.3. The normalized spacial score (nSPS) is 19.7. The highest BCUT2D eigenvalue weighted by Gasteiger charge is 2.36. The third kappa shape index (κ3) is 3.52. The second-order valence-electron chi connectivity index (χ2n) is 6.15. The topological polar surface area (TPSA) is 66.0 Å². The van der Waals surface area contributed by atoms with Gasteiger partial charge in [0, 0.05) is 22.7 Å². The van der Waals surface area contributed by atoms with Crippen molar-refractivity contribution in [3.05, 3.63) is 58.0 Å². The Morgan fingerprint density at radius 3 is 2.79 bits per heavy atom. The van der Waals surface area contributed by atoms with E-state index >= 15 is 0 Å². The van der Waals surface area contributed by atoms with Crippen molar-refractivity contribution < 1.29 is 9.21 Å². The second kappa shape index (κ2) is 6.54. The minimum Gasteiger partial charge on any atom is -0.461 e. The predicted molar refractivity (Wildman–Crippen MR) is 93.6 cm³/mol. The zero-order valence-electron chi connectivity index (χ0n) is 13.5. The van der Waals surface area contributed by atoms with E-state index < -0.39 is 5.91 Å². The molecule has 5 heteroatoms. The molecule has 0 spiro atoms. The lowest BCUT2D eigenvalue weighted by Gasteiger charge is -2.06. The molecule has 2 aromatic rings. The van der Waals surface area contributed by atoms with Gasteiger partial charge in [0.2, 0.25) is 0 Å². The van der Waals surface area contributed by atoms with Crippen LogP contribution in [0.5, 0.6) is 0 Å². The number of aryl methyl sites for hydroxylation is 1. The first-order chi connectivity index (χ1) is 11.5. The molecule has 3 rings (SSSR count). The van der Waals surface area contributed by atoms with E-state index in [2.05, 4.69) is 12.2 Å². The number of halogens is 1. The third-order valence-corrected chi connectivity index (χ3v) is 4.61. The number of hydrogen-bond acceptors (Lipinski definition) is 3. The van der Waals surface area contributed by atoms with Crippen LogP contribution in [-0.2, 0) is 4.79 Å². The van der Waals surface area contributed by atoms with Crippen LogP contribution in [0.1, 0.15) is 36.3 Å². The largest absolute Gasteiger partial charge is 0.461 e. The van der Waals surface area contributed by atoms with E-state index in [4.69, 9.17) is 16.0 Å². The average Bonchev–Trinajstić information content (AvgIpc) is 3.09. The Kier molecular flexibility index (Phi) is 4.46. The first kappa shape index (κ1) is 16.4. The molecule has 1 aliphatic rings. The second-order valence-corrected chi connectivity index (χ2v) is 6.55. The summed E-state index contributed by atoms with van der Waals surface area (Å²) in [5, 5.41) is 12.5. The van der Waals surface area contributed by atoms with Gasteiger partial charge in [-0.3, -0.25) is 4.79 Å². The van der Waals surface area contributed by atoms with Crippen molar-refractivity contribution in [3.63, 3.8) is 0 Å². The lowest BCUT2D eigenvalue weighted by molar-refractivity contribution is -0.112. The summed E-state index contributed by atoms with van der Waals surface area (Å²) in [6.45, 7) is 4.05. The van der Waals surface area contributed by atoms with Crippen molar-refractivity contribution in [2.45, 2.75) is 26.2 Å². The Balaban J connectivity index is 1.75. The minimum absolute atomic E-state index is 0.0172. The molecule has 122 valence electrons. The number of rotatable bonds is 4. The molecule has 24 heavy (non-hydrogen) atoms. The summed E-state index contributed by atoms with van der Waals surface area (Å²) in [4.78, 5) is 12.3. The maximum Gasteiger partial charge on any atom is 0.266 e. The molecular formula is C19H17ClN2O2. The average molecular weight is 341 g/mol. The van der Waals surface area contributed by atoms with Crippen molar-refractivity contribution in [2.75, 3.05) is 5.32 Å². The lowest BCUT2D eigenvalue weighted by atomic mass is 10.2. The zero-order valence-corrected chi connectivity index (χ0v) is 14.2. The van der Waals surface area contributed by atoms with Gasteiger partial charge in [-0.1, -0.05) is 24.6 Å². The van der Waals surface area contributed by atoms with Gasteiger partial charge < -0.3 is 9.73 Å². The molecule has 1 aromatic heterocycles. The predicted octanol–water partition coefficient (Wildman–Crippen LogP) is 4.91. The minimum atomic E-state index is -0.491. The van der Waals surface area contributed by atoms with E-state index in [1.165, 1.54) is 6.08 Å². The Bertz CT molecular complexity index is 860. The highest BCUT2D eigenvalue weighted by molar-refractivity contribution is 6.31. The van der Waals surface area contributed by atoms with Gasteiger partial charge in [0.05, 0.1) is 0 Å². The van der Waals surface area contributed by atoms with E-state index in [0.717, 1.165) is 17.7 Å². The van der Waals surface area contributed by atoms with Gasteiger partial charge >= 0.3 is 0 Å². The lowest BCUT2D eigenvalue weighted by Crippen LogP contribution is -2.13. The van der Waals surface area contributed by atoms with Crippen molar-refractivity contribution in [1.29, 1.82) is 5.26 Å². The fourth-order valence-electron chi connectivity index (χ4n) is 2.52. The van der Waals surface area contributed by atoms with Gasteiger partial charge in [0.25, 0.3) is 5.91 Å². The van der Waals surface area contributed by atoms with E-state index in [9.17, 15) is 10.1 Å². The van der Waals surface area contributed by atoms with E-state index in [-0.39, 0.29) is 5.57 Å². The highest BCUT2D eigenvalue weighted by atomic mass is 35.5. The highest BCUT2D eigenvalue weighted by Crippen LogP contribution is 2.47. The van der Waals surface area contributed by atoms with Crippen LogP contribution < -0.4 is 5.32 Å². The number of nitrogens with one attached hydrogen (secondary N) is 1. The molecular weight excluding hydrogens is 324 g/mol. The van der Waals surface area contributed by atoms with Crippen molar-refractivity contribution in [2.24, 2.45) is 5.92 Å². The molecule has 1 heterocycles. The summed E-state index contributed by atoms with van der Waals surface area (Å²) < 4.78 is 5.72. The van der Waals surface area contributed by atoms with Gasteiger partial charge in [-0.2, -0.15) is 5.26 Å². The van der Waals surface area contributed by atoms with Crippen molar-refractivity contribution in [3.8, 4) is 6.07 Å². The Morgan fingerprint density at radius 1 is 1.42 bits per heavy atom. The number of nitriles is 1. The molecule has 1 aromatic carbocycles. The number of hydrogen-bond donors (Lipinski definition) is 1. The van der Waals surface area contributed by atoms with Crippen LogP contribution in [0.15, 0.2) is 40.3 Å². The Morgan fingerprint density at radius 2 is 2.17 bits per heavy atom. The summed E-state index contributed by atoms with van der Waals surface area (Å²) in [6, 6.07) is 10.8. The first-order valence-corrected chi connectivity index (χ1v) is 8.14. The van der Waals surface area contributed by atoms with Crippen molar-refractivity contribution in [1.82, 2.24) is 0 Å². The number of furan rings is 1. The van der Waals surface area contributed by atoms with E-state index in [1.54, 1.807) is 18.2 Å². The van der Waals surface area contributed by atoms with Crippen LogP contribution in [0.25, 0.3) is 6.08 Å². The number of benzene rings is 1. The van der Waals surface area contributed by atoms with Gasteiger partial charge in [-0.25, -0.2) is 0 Å². The van der Waals surface area contributed by atoms with Crippen LogP contribution in [0.3, 0.4) is 0 Å². The summed E-state index contributed by atoms with van der Waals surface area (Å²) in [5.41, 5.74) is 1.45. The molecule has 1 aliphatic carbocycles. The van der Waals surface area contributed by atoms with Crippen LogP contribution in [0.4, 0.5) is 5.69 Å². The Hall–Kier alpha value is -2.51. The fourth-order valence-corrected chi connectivity index (χ4v) is 2.70. The number of carbonyl (C=O) groups excluding carboxylic acids is 1. The third-order valence-electron chi connectivity index (χ3n) is 4.20. The Labute approximate surface area is 145 Å². The summed E-state index contributed by atoms with van der Waals surface area (Å²) in [5.74, 6) is 2.03. The monoisotopic (exact) mass is 340 g/mol. The van der Waals surface area contributed by atoms with Crippen molar-refractivity contribution >= 4 is 29.3 Å². The van der Waals surface area contributed by atoms with Gasteiger partial charge in [0.15, 0.2) is 0 Å². The van der Waals surface area contributed by atoms with Crippen LogP contribution >= 0.6 is 11.6 Å². The summed E-state index contributed by atoms with van der Waals surface area (Å²) in [7, 11) is 0. The SMILES string of the molecule is Cc1ccc(NC(=O)/C(C#N)=C/c2ccc(C3CC3C)o2)cc1Cl. The first-order valence-electron chi connectivity index (χ1n) is 7.77. The van der Waals surface area contributed by atoms with Crippen LogP contribution in [0.2, 0.25) is 5.02 Å². The van der Waals surface area contributed by atoms with Crippen LogP contribution in [-0.4, -0.2) is 5.91 Å². The molecule has 1 N–H and O–H groups in total. The molecule has 1 saturated carbocycles. The summed E-state index contributed by atoms with van der Waals surface area (Å²) in [6.07, 6.45) is 2.58. The summed E-state index contributed by atoms with van der Waals surface area (Å²) >= 11 is 6.04. The molecule has 0 saturated heterocycles. The molecule has 2 unspecified atom stereocenters. The maximum atomic E-state index is 12.3. The molecule has 0 radical (unpaired) electrons. The molecule has 0 aliphatic heterocycles. The molecule has 2 atom stereocenters. The quantitative estimate of drug-likeness (QED) is 0.635. The molecule has 4 nitrogen and oxygen atoms in total. The van der Waals surface area contributed by atoms with Gasteiger partial charge in [-0.15, -0.1) is 0 Å². The smallest absolute Gasteiger partial charge is 0.266 e. The van der Waals surface area contributed by atoms with Crippen LogP contribution in [0, 0.1) is 24.2 Å². The molecule has 1 fully saturated rings. The standard InChI is InChI=1S/C19H17ClN2O2/c1-11-3-4-14(9-17(11)20)22-19(23)13(10-21)8-15-5-6-18(24-15)16-7-12(16)2/h3-6,8-9,12,16H,7H2,1-2H3,(H,22,23)/b13-8+.